The zero-order valence-electron chi connectivity index (χ0n) is 12.9. The predicted molar refractivity (Wildman–Crippen MR) is 83.6 cm³/mol. The Bertz CT molecular complexity index is 334. The lowest BCUT2D eigenvalue weighted by Gasteiger charge is -2.25. The highest BCUT2D eigenvalue weighted by atomic mass is 15.2. The molecule has 1 unspecified atom stereocenters. The fourth-order valence-corrected chi connectivity index (χ4v) is 2.01. The molecule has 1 heterocycles. The van der Waals surface area contributed by atoms with Crippen LogP contribution >= 0.6 is 0 Å². The van der Waals surface area contributed by atoms with E-state index < -0.39 is 0 Å². The molecular formula is C16H29N3. The molecule has 0 fully saturated rings. The smallest absolute Gasteiger partial charge is 0.128 e. The van der Waals surface area contributed by atoms with Crippen molar-refractivity contribution in [2.75, 3.05) is 24.5 Å². The minimum Gasteiger partial charge on any atom is -0.357 e. The molecule has 0 aliphatic carbocycles. The third-order valence-corrected chi connectivity index (χ3v) is 3.50. The van der Waals surface area contributed by atoms with Crippen LogP contribution in [0.1, 0.15) is 46.1 Å². The quantitative estimate of drug-likeness (QED) is 0.692. The average molecular weight is 263 g/mol. The second kappa shape index (κ2) is 8.92. The first-order valence-corrected chi connectivity index (χ1v) is 7.61. The van der Waals surface area contributed by atoms with Gasteiger partial charge in [-0.15, -0.1) is 0 Å². The van der Waals surface area contributed by atoms with Crippen LogP contribution in [0.5, 0.6) is 0 Å². The zero-order valence-corrected chi connectivity index (χ0v) is 12.9. The Morgan fingerprint density at radius 1 is 1.26 bits per heavy atom. The van der Waals surface area contributed by atoms with E-state index in [1.807, 2.05) is 6.20 Å². The summed E-state index contributed by atoms with van der Waals surface area (Å²) >= 11 is 0. The summed E-state index contributed by atoms with van der Waals surface area (Å²) in [5.41, 5.74) is 1.26. The highest BCUT2D eigenvalue weighted by molar-refractivity contribution is 5.39. The molecule has 1 atom stereocenters. The first-order chi connectivity index (χ1) is 9.21. The van der Waals surface area contributed by atoms with Crippen molar-refractivity contribution >= 4 is 5.82 Å². The van der Waals surface area contributed by atoms with Gasteiger partial charge in [-0.25, -0.2) is 4.98 Å². The van der Waals surface area contributed by atoms with E-state index in [0.717, 1.165) is 32.0 Å². The minimum atomic E-state index is 0.715. The van der Waals surface area contributed by atoms with Crippen LogP contribution in [0.2, 0.25) is 0 Å². The van der Waals surface area contributed by atoms with Crippen LogP contribution in [0.4, 0.5) is 5.82 Å². The topological polar surface area (TPSA) is 28.2 Å². The van der Waals surface area contributed by atoms with Crippen molar-refractivity contribution in [1.29, 1.82) is 0 Å². The molecule has 0 aliphatic rings. The number of aromatic nitrogens is 1. The molecule has 0 saturated heterocycles. The highest BCUT2D eigenvalue weighted by Gasteiger charge is 2.09. The van der Waals surface area contributed by atoms with Gasteiger partial charge in [-0.2, -0.15) is 0 Å². The summed E-state index contributed by atoms with van der Waals surface area (Å²) in [7, 11) is 0. The molecule has 1 aromatic heterocycles. The van der Waals surface area contributed by atoms with Gasteiger partial charge in [-0.1, -0.05) is 33.3 Å². The van der Waals surface area contributed by atoms with Gasteiger partial charge >= 0.3 is 0 Å². The van der Waals surface area contributed by atoms with Gasteiger partial charge in [-0.05, 0) is 37.4 Å². The van der Waals surface area contributed by atoms with Crippen molar-refractivity contribution in [3.63, 3.8) is 0 Å². The summed E-state index contributed by atoms with van der Waals surface area (Å²) in [5.74, 6) is 1.81. The van der Waals surface area contributed by atoms with Crippen LogP contribution in [0.3, 0.4) is 0 Å². The third-order valence-electron chi connectivity index (χ3n) is 3.50. The molecule has 0 saturated carbocycles. The van der Waals surface area contributed by atoms with Gasteiger partial charge in [0.25, 0.3) is 0 Å². The molecule has 1 aromatic rings. The van der Waals surface area contributed by atoms with Crippen LogP contribution < -0.4 is 10.2 Å². The van der Waals surface area contributed by atoms with E-state index >= 15 is 0 Å². The Hall–Kier alpha value is -1.09. The summed E-state index contributed by atoms with van der Waals surface area (Å²) in [6.07, 6.45) is 4.39. The van der Waals surface area contributed by atoms with Gasteiger partial charge in [0, 0.05) is 25.8 Å². The van der Waals surface area contributed by atoms with Crippen LogP contribution in [0.15, 0.2) is 18.3 Å². The lowest BCUT2D eigenvalue weighted by atomic mass is 10.1. The van der Waals surface area contributed by atoms with Crippen LogP contribution in [0, 0.1) is 5.92 Å². The van der Waals surface area contributed by atoms with E-state index in [1.165, 1.54) is 18.4 Å². The number of hydrogen-bond acceptors (Lipinski definition) is 3. The monoisotopic (exact) mass is 263 g/mol. The Kier molecular flexibility index (Phi) is 7.49. The predicted octanol–water partition coefficient (Wildman–Crippen LogP) is 3.45. The van der Waals surface area contributed by atoms with Gasteiger partial charge in [0.2, 0.25) is 0 Å². The lowest BCUT2D eigenvalue weighted by Crippen LogP contribution is -2.28. The van der Waals surface area contributed by atoms with Gasteiger partial charge in [0.15, 0.2) is 0 Å². The molecule has 0 aromatic carbocycles. The van der Waals surface area contributed by atoms with Gasteiger partial charge in [-0.3, -0.25) is 0 Å². The van der Waals surface area contributed by atoms with E-state index in [-0.39, 0.29) is 0 Å². The number of pyridine rings is 1. The Balaban J connectivity index is 2.57. The van der Waals surface area contributed by atoms with Crippen LogP contribution in [0.25, 0.3) is 0 Å². The van der Waals surface area contributed by atoms with E-state index in [1.54, 1.807) is 0 Å². The van der Waals surface area contributed by atoms with E-state index in [9.17, 15) is 0 Å². The SMILES string of the molecule is CCCNCc1ccc(N(CC)CC(C)CC)nc1. The molecule has 3 heteroatoms. The van der Waals surface area contributed by atoms with Crippen molar-refractivity contribution in [2.24, 2.45) is 5.92 Å². The summed E-state index contributed by atoms with van der Waals surface area (Å²) < 4.78 is 0. The van der Waals surface area contributed by atoms with Crippen molar-refractivity contribution in [1.82, 2.24) is 10.3 Å². The molecule has 108 valence electrons. The van der Waals surface area contributed by atoms with Crippen LogP contribution in [-0.2, 0) is 6.54 Å². The number of rotatable bonds is 9. The molecule has 0 aliphatic heterocycles. The van der Waals surface area contributed by atoms with Crippen molar-refractivity contribution in [3.05, 3.63) is 23.9 Å². The summed E-state index contributed by atoms with van der Waals surface area (Å²) in [5, 5.41) is 3.40. The molecule has 0 amide bonds. The van der Waals surface area contributed by atoms with E-state index in [0.29, 0.717) is 5.92 Å². The van der Waals surface area contributed by atoms with E-state index in [4.69, 9.17) is 0 Å². The normalized spacial score (nSPS) is 12.4. The third kappa shape index (κ3) is 5.60. The number of nitrogens with zero attached hydrogens (tertiary/aromatic N) is 2. The maximum absolute atomic E-state index is 4.60. The lowest BCUT2D eigenvalue weighted by molar-refractivity contribution is 0.545. The highest BCUT2D eigenvalue weighted by Crippen LogP contribution is 2.14. The fourth-order valence-electron chi connectivity index (χ4n) is 2.01. The summed E-state index contributed by atoms with van der Waals surface area (Å²) in [4.78, 5) is 6.96. The molecule has 1 rings (SSSR count). The average Bonchev–Trinajstić information content (AvgIpc) is 2.45. The maximum Gasteiger partial charge on any atom is 0.128 e. The van der Waals surface area contributed by atoms with Crippen molar-refractivity contribution in [2.45, 2.75) is 47.1 Å². The molecule has 0 radical (unpaired) electrons. The molecule has 3 nitrogen and oxygen atoms in total. The van der Waals surface area contributed by atoms with Crippen LogP contribution in [-0.4, -0.2) is 24.6 Å². The first kappa shape index (κ1) is 16.0. The summed E-state index contributed by atoms with van der Waals surface area (Å²) in [6.45, 7) is 13.0. The molecule has 19 heavy (non-hydrogen) atoms. The maximum atomic E-state index is 4.60. The Morgan fingerprint density at radius 2 is 2.05 bits per heavy atom. The van der Waals surface area contributed by atoms with Crippen molar-refractivity contribution < 1.29 is 0 Å². The minimum absolute atomic E-state index is 0.715. The standard InChI is InChI=1S/C16H29N3/c1-5-10-17-11-15-8-9-16(18-12-15)19(7-3)13-14(4)6-2/h8-9,12,14,17H,5-7,10-11,13H2,1-4H3. The Labute approximate surface area is 118 Å². The molecule has 0 bridgehead atoms. The van der Waals surface area contributed by atoms with Gasteiger partial charge in [0.05, 0.1) is 0 Å². The summed E-state index contributed by atoms with van der Waals surface area (Å²) in [6, 6.07) is 4.33. The van der Waals surface area contributed by atoms with Crippen molar-refractivity contribution in [3.8, 4) is 0 Å². The molecular weight excluding hydrogens is 234 g/mol. The fraction of sp³-hybridized carbons (Fsp3) is 0.688. The largest absolute Gasteiger partial charge is 0.357 e. The molecule has 1 N–H and O–H groups in total. The first-order valence-electron chi connectivity index (χ1n) is 7.61. The Morgan fingerprint density at radius 3 is 2.58 bits per heavy atom. The number of nitrogens with one attached hydrogen (secondary N) is 1. The van der Waals surface area contributed by atoms with Gasteiger partial charge in [0.1, 0.15) is 5.82 Å². The number of hydrogen-bond donors (Lipinski definition) is 1. The van der Waals surface area contributed by atoms with Gasteiger partial charge < -0.3 is 10.2 Å². The molecule has 0 spiro atoms. The zero-order chi connectivity index (χ0) is 14.1. The second-order valence-electron chi connectivity index (χ2n) is 5.25. The number of anilines is 1. The van der Waals surface area contributed by atoms with E-state index in [2.05, 4.69) is 55.0 Å². The second-order valence-corrected chi connectivity index (χ2v) is 5.25.